The van der Waals surface area contributed by atoms with Crippen molar-refractivity contribution in [3.05, 3.63) is 29.8 Å². The maximum atomic E-state index is 12.2. The van der Waals surface area contributed by atoms with Gasteiger partial charge in [0.15, 0.2) is 0 Å². The molecule has 19 heavy (non-hydrogen) atoms. The molecule has 0 saturated carbocycles. The zero-order valence-electron chi connectivity index (χ0n) is 11.5. The van der Waals surface area contributed by atoms with Gasteiger partial charge in [0, 0.05) is 12.1 Å². The summed E-state index contributed by atoms with van der Waals surface area (Å²) in [5.74, 6) is 1.31. The molecule has 1 rings (SSSR count). The van der Waals surface area contributed by atoms with Crippen LogP contribution in [0.5, 0.6) is 5.75 Å². The lowest BCUT2D eigenvalue weighted by Gasteiger charge is -2.20. The van der Waals surface area contributed by atoms with E-state index in [0.29, 0.717) is 6.04 Å². The molecule has 0 aliphatic rings. The highest BCUT2D eigenvalue weighted by Gasteiger charge is 2.11. The molecule has 1 aromatic carbocycles. The Labute approximate surface area is 117 Å². The molecule has 2 unspecified atom stereocenters. The van der Waals surface area contributed by atoms with Crippen LogP contribution >= 0.6 is 11.8 Å². The first-order valence-corrected chi connectivity index (χ1v) is 7.72. The molecule has 2 atom stereocenters. The van der Waals surface area contributed by atoms with Crippen molar-refractivity contribution in [2.45, 2.75) is 39.0 Å². The predicted octanol–water partition coefficient (Wildman–Crippen LogP) is 4.08. The van der Waals surface area contributed by atoms with Gasteiger partial charge in [-0.05, 0) is 50.0 Å². The molecule has 0 spiro atoms. The van der Waals surface area contributed by atoms with Gasteiger partial charge in [0.2, 0.25) is 0 Å². The van der Waals surface area contributed by atoms with Crippen LogP contribution in [0.1, 0.15) is 31.9 Å². The normalized spacial score (nSPS) is 14.4. The summed E-state index contributed by atoms with van der Waals surface area (Å²) < 4.78 is 28.7. The lowest BCUT2D eigenvalue weighted by Crippen LogP contribution is -2.29. The monoisotopic (exact) mass is 289 g/mol. The topological polar surface area (TPSA) is 21.3 Å². The lowest BCUT2D eigenvalue weighted by molar-refractivity contribution is -0.0499. The number of halogens is 2. The van der Waals surface area contributed by atoms with E-state index in [1.807, 2.05) is 24.8 Å². The molecular weight excluding hydrogens is 268 g/mol. The SMILES string of the molecule is CSCCC(C)NC(C)c1cccc(OC(F)F)c1. The van der Waals surface area contributed by atoms with E-state index in [-0.39, 0.29) is 11.8 Å². The van der Waals surface area contributed by atoms with E-state index in [0.717, 1.165) is 17.7 Å². The number of hydrogen-bond acceptors (Lipinski definition) is 3. The van der Waals surface area contributed by atoms with Crippen LogP contribution in [0.2, 0.25) is 0 Å². The second-order valence-electron chi connectivity index (χ2n) is 4.52. The highest BCUT2D eigenvalue weighted by Crippen LogP contribution is 2.21. The molecule has 0 amide bonds. The van der Waals surface area contributed by atoms with Crippen LogP contribution < -0.4 is 10.1 Å². The van der Waals surface area contributed by atoms with E-state index < -0.39 is 6.61 Å². The van der Waals surface area contributed by atoms with Gasteiger partial charge in [-0.2, -0.15) is 20.5 Å². The minimum absolute atomic E-state index is 0.109. The van der Waals surface area contributed by atoms with Crippen molar-refractivity contribution in [1.82, 2.24) is 5.32 Å². The second kappa shape index (κ2) is 8.38. The van der Waals surface area contributed by atoms with Crippen LogP contribution in [0.3, 0.4) is 0 Å². The molecule has 0 bridgehead atoms. The maximum absolute atomic E-state index is 12.2. The van der Waals surface area contributed by atoms with E-state index in [4.69, 9.17) is 0 Å². The number of rotatable bonds is 8. The molecule has 0 fully saturated rings. The molecule has 0 aliphatic carbocycles. The molecule has 108 valence electrons. The zero-order chi connectivity index (χ0) is 14.3. The number of hydrogen-bond donors (Lipinski definition) is 1. The van der Waals surface area contributed by atoms with Crippen molar-refractivity contribution in [1.29, 1.82) is 0 Å². The van der Waals surface area contributed by atoms with Gasteiger partial charge in [0.25, 0.3) is 0 Å². The van der Waals surface area contributed by atoms with Crippen molar-refractivity contribution in [3.63, 3.8) is 0 Å². The average Bonchev–Trinajstić information content (AvgIpc) is 2.35. The van der Waals surface area contributed by atoms with E-state index in [1.165, 1.54) is 0 Å². The Morgan fingerprint density at radius 1 is 1.32 bits per heavy atom. The molecule has 2 nitrogen and oxygen atoms in total. The molecule has 0 heterocycles. The Kier molecular flexibility index (Phi) is 7.16. The van der Waals surface area contributed by atoms with E-state index in [9.17, 15) is 8.78 Å². The van der Waals surface area contributed by atoms with Crippen molar-refractivity contribution in [2.24, 2.45) is 0 Å². The van der Waals surface area contributed by atoms with Crippen LogP contribution in [-0.2, 0) is 0 Å². The molecule has 5 heteroatoms. The Hall–Kier alpha value is -0.810. The van der Waals surface area contributed by atoms with Crippen molar-refractivity contribution in [2.75, 3.05) is 12.0 Å². The molecule has 0 aliphatic heterocycles. The number of alkyl halides is 2. The second-order valence-corrected chi connectivity index (χ2v) is 5.51. The molecule has 0 aromatic heterocycles. The Balaban J connectivity index is 2.58. The number of ether oxygens (including phenoxy) is 1. The summed E-state index contributed by atoms with van der Waals surface area (Å²) >= 11 is 1.82. The smallest absolute Gasteiger partial charge is 0.387 e. The summed E-state index contributed by atoms with van der Waals surface area (Å²) in [6, 6.07) is 7.35. The summed E-state index contributed by atoms with van der Waals surface area (Å²) in [7, 11) is 0. The maximum Gasteiger partial charge on any atom is 0.387 e. The summed E-state index contributed by atoms with van der Waals surface area (Å²) in [5.41, 5.74) is 0.953. The summed E-state index contributed by atoms with van der Waals surface area (Å²) in [4.78, 5) is 0. The minimum Gasteiger partial charge on any atom is -0.435 e. The third-order valence-corrected chi connectivity index (χ3v) is 3.52. The average molecular weight is 289 g/mol. The van der Waals surface area contributed by atoms with Gasteiger partial charge < -0.3 is 10.1 Å². The van der Waals surface area contributed by atoms with Crippen LogP contribution in [0, 0.1) is 0 Å². The number of benzene rings is 1. The van der Waals surface area contributed by atoms with Crippen LogP contribution in [0.15, 0.2) is 24.3 Å². The fourth-order valence-corrected chi connectivity index (χ4v) is 2.45. The van der Waals surface area contributed by atoms with Gasteiger partial charge in [0.05, 0.1) is 0 Å². The highest BCUT2D eigenvalue weighted by atomic mass is 32.2. The first-order chi connectivity index (χ1) is 9.02. The van der Waals surface area contributed by atoms with Crippen molar-refractivity contribution >= 4 is 11.8 Å². The van der Waals surface area contributed by atoms with Crippen molar-refractivity contribution < 1.29 is 13.5 Å². The van der Waals surface area contributed by atoms with Gasteiger partial charge in [0.1, 0.15) is 5.75 Å². The van der Waals surface area contributed by atoms with Gasteiger partial charge in [-0.1, -0.05) is 12.1 Å². The van der Waals surface area contributed by atoms with E-state index >= 15 is 0 Å². The minimum atomic E-state index is -2.78. The molecule has 1 aromatic rings. The molecule has 1 N–H and O–H groups in total. The standard InChI is InChI=1S/C14H21F2NOS/c1-10(7-8-19-3)17-11(2)12-5-4-6-13(9-12)18-14(15)16/h4-6,9-11,14,17H,7-8H2,1-3H3. The first kappa shape index (κ1) is 16.2. The summed E-state index contributed by atoms with van der Waals surface area (Å²) in [6.45, 7) is 1.38. The Morgan fingerprint density at radius 3 is 2.68 bits per heavy atom. The first-order valence-electron chi connectivity index (χ1n) is 6.32. The van der Waals surface area contributed by atoms with Crippen LogP contribution in [0.25, 0.3) is 0 Å². The summed E-state index contributed by atoms with van der Waals surface area (Å²) in [5, 5.41) is 3.46. The zero-order valence-corrected chi connectivity index (χ0v) is 12.3. The number of thioether (sulfide) groups is 1. The molecule has 0 saturated heterocycles. The highest BCUT2D eigenvalue weighted by molar-refractivity contribution is 7.98. The fourth-order valence-electron chi connectivity index (χ4n) is 1.86. The van der Waals surface area contributed by atoms with Crippen LogP contribution in [-0.4, -0.2) is 24.7 Å². The van der Waals surface area contributed by atoms with E-state index in [1.54, 1.807) is 18.2 Å². The van der Waals surface area contributed by atoms with E-state index in [2.05, 4.69) is 23.2 Å². The fraction of sp³-hybridized carbons (Fsp3) is 0.571. The van der Waals surface area contributed by atoms with Crippen molar-refractivity contribution in [3.8, 4) is 5.75 Å². The summed E-state index contributed by atoms with van der Waals surface area (Å²) in [6.07, 6.45) is 3.17. The van der Waals surface area contributed by atoms with Gasteiger partial charge >= 0.3 is 6.61 Å². The van der Waals surface area contributed by atoms with Crippen LogP contribution in [0.4, 0.5) is 8.78 Å². The molecular formula is C14H21F2NOS. The molecule has 0 radical (unpaired) electrons. The Morgan fingerprint density at radius 2 is 2.05 bits per heavy atom. The third-order valence-electron chi connectivity index (χ3n) is 2.87. The Bertz CT molecular complexity index is 376. The van der Waals surface area contributed by atoms with Gasteiger partial charge in [-0.15, -0.1) is 0 Å². The number of nitrogens with one attached hydrogen (secondary N) is 1. The predicted molar refractivity (Wildman–Crippen MR) is 77.1 cm³/mol. The van der Waals surface area contributed by atoms with Gasteiger partial charge in [-0.3, -0.25) is 0 Å². The third kappa shape index (κ3) is 6.25. The largest absolute Gasteiger partial charge is 0.435 e. The quantitative estimate of drug-likeness (QED) is 0.779. The lowest BCUT2D eigenvalue weighted by atomic mass is 10.1. The van der Waals surface area contributed by atoms with Gasteiger partial charge in [-0.25, -0.2) is 0 Å².